The lowest BCUT2D eigenvalue weighted by Crippen LogP contribution is -2.40. The average Bonchev–Trinajstić information content (AvgIpc) is 3.27. The summed E-state index contributed by atoms with van der Waals surface area (Å²) < 4.78 is 24.4. The molecule has 5 rings (SSSR count). The Balaban J connectivity index is 1.43. The molecule has 1 aromatic carbocycles. The number of amides is 1. The molecule has 0 radical (unpaired) electrons. The largest absolute Gasteiger partial charge is 0.381 e. The Labute approximate surface area is 163 Å². The minimum Gasteiger partial charge on any atom is -0.381 e. The van der Waals surface area contributed by atoms with Gasteiger partial charge in [0.15, 0.2) is 0 Å². The van der Waals surface area contributed by atoms with Gasteiger partial charge in [0.25, 0.3) is 0 Å². The van der Waals surface area contributed by atoms with Crippen molar-refractivity contribution >= 4 is 5.91 Å². The predicted octanol–water partition coefficient (Wildman–Crippen LogP) is 3.40. The van der Waals surface area contributed by atoms with Gasteiger partial charge < -0.3 is 14.2 Å². The van der Waals surface area contributed by atoms with Gasteiger partial charge in [0, 0.05) is 43.2 Å². The number of halogens is 1. The van der Waals surface area contributed by atoms with E-state index in [1.54, 1.807) is 12.1 Å². The summed E-state index contributed by atoms with van der Waals surface area (Å²) in [5.41, 5.74) is 0.655. The second-order valence-corrected chi connectivity index (χ2v) is 8.34. The third-order valence-corrected chi connectivity index (χ3v) is 6.74. The molecule has 1 spiro atoms. The molecule has 1 aromatic heterocycles. The highest BCUT2D eigenvalue weighted by molar-refractivity contribution is 5.80. The first-order chi connectivity index (χ1) is 13.6. The number of rotatable bonds is 3. The highest BCUT2D eigenvalue weighted by atomic mass is 19.1. The van der Waals surface area contributed by atoms with Gasteiger partial charge in [0.1, 0.15) is 5.82 Å². The van der Waals surface area contributed by atoms with Crippen LogP contribution < -0.4 is 0 Å². The Hall–Kier alpha value is -2.28. The Morgan fingerprint density at radius 1 is 1.18 bits per heavy atom. The molecule has 0 unspecified atom stereocenters. The topological polar surface area (TPSA) is 68.5 Å². The van der Waals surface area contributed by atoms with Gasteiger partial charge in [0.05, 0.1) is 5.92 Å². The molecule has 1 atom stereocenters. The fraction of sp³-hybridized carbons (Fsp3) is 0.571. The van der Waals surface area contributed by atoms with E-state index in [2.05, 4.69) is 10.1 Å². The molecule has 3 aliphatic rings. The number of nitrogens with zero attached hydrogens (tertiary/aromatic N) is 3. The van der Waals surface area contributed by atoms with Crippen molar-refractivity contribution < 1.29 is 18.4 Å². The van der Waals surface area contributed by atoms with Crippen molar-refractivity contribution in [2.45, 2.75) is 38.0 Å². The van der Waals surface area contributed by atoms with Crippen molar-refractivity contribution in [1.29, 1.82) is 0 Å². The molecule has 28 heavy (non-hydrogen) atoms. The van der Waals surface area contributed by atoms with Crippen LogP contribution in [0.4, 0.5) is 4.39 Å². The SMILES string of the molecule is O=C(C1CCC1)N1C[C@@H](c2nc(-c3ccc(F)cc3)no2)C2(CCOCC2)C1. The Morgan fingerprint density at radius 3 is 2.61 bits per heavy atom. The average molecular weight is 385 g/mol. The molecule has 1 aliphatic carbocycles. The predicted molar refractivity (Wildman–Crippen MR) is 98.8 cm³/mol. The first-order valence-electron chi connectivity index (χ1n) is 10.1. The maximum absolute atomic E-state index is 13.2. The van der Waals surface area contributed by atoms with Gasteiger partial charge in [-0.1, -0.05) is 11.6 Å². The minimum absolute atomic E-state index is 0.0159. The Bertz CT molecular complexity index is 856. The van der Waals surface area contributed by atoms with Gasteiger partial charge in [-0.2, -0.15) is 4.98 Å². The maximum Gasteiger partial charge on any atom is 0.232 e. The molecule has 1 saturated carbocycles. The third-order valence-electron chi connectivity index (χ3n) is 6.74. The summed E-state index contributed by atoms with van der Waals surface area (Å²) in [6, 6.07) is 6.07. The number of aromatic nitrogens is 2. The summed E-state index contributed by atoms with van der Waals surface area (Å²) in [6.07, 6.45) is 4.94. The molecule has 148 valence electrons. The number of carbonyl (C=O) groups is 1. The number of carbonyl (C=O) groups excluding carboxylic acids is 1. The van der Waals surface area contributed by atoms with Gasteiger partial charge in [-0.3, -0.25) is 4.79 Å². The first kappa shape index (κ1) is 17.8. The summed E-state index contributed by atoms with van der Waals surface area (Å²) in [6.45, 7) is 2.76. The van der Waals surface area contributed by atoms with Crippen LogP contribution in [-0.2, 0) is 9.53 Å². The fourth-order valence-corrected chi connectivity index (χ4v) is 4.77. The van der Waals surface area contributed by atoms with Crippen LogP contribution in [0.15, 0.2) is 28.8 Å². The molecule has 3 fully saturated rings. The molecule has 3 heterocycles. The molecule has 2 aliphatic heterocycles. The van der Waals surface area contributed by atoms with E-state index >= 15 is 0 Å². The molecule has 2 saturated heterocycles. The zero-order valence-electron chi connectivity index (χ0n) is 15.8. The van der Waals surface area contributed by atoms with Crippen LogP contribution in [0.1, 0.15) is 43.9 Å². The van der Waals surface area contributed by atoms with E-state index in [0.717, 1.165) is 44.2 Å². The van der Waals surface area contributed by atoms with Crippen LogP contribution in [0.25, 0.3) is 11.4 Å². The van der Waals surface area contributed by atoms with Crippen LogP contribution in [0.5, 0.6) is 0 Å². The third kappa shape index (κ3) is 3.02. The molecular weight excluding hydrogens is 361 g/mol. The van der Waals surface area contributed by atoms with E-state index in [1.807, 2.05) is 4.90 Å². The first-order valence-corrected chi connectivity index (χ1v) is 10.1. The number of likely N-dealkylation sites (tertiary alicyclic amines) is 1. The van der Waals surface area contributed by atoms with Crippen molar-refractivity contribution in [3.63, 3.8) is 0 Å². The van der Waals surface area contributed by atoms with E-state index < -0.39 is 0 Å². The van der Waals surface area contributed by atoms with Gasteiger partial charge in [-0.15, -0.1) is 0 Å². The maximum atomic E-state index is 13.2. The fourth-order valence-electron chi connectivity index (χ4n) is 4.77. The second-order valence-electron chi connectivity index (χ2n) is 8.34. The molecule has 7 heteroatoms. The normalized spacial score (nSPS) is 24.5. The summed E-state index contributed by atoms with van der Waals surface area (Å²) in [7, 11) is 0. The van der Waals surface area contributed by atoms with E-state index in [9.17, 15) is 9.18 Å². The van der Waals surface area contributed by atoms with Gasteiger partial charge >= 0.3 is 0 Å². The van der Waals surface area contributed by atoms with Crippen molar-refractivity contribution in [1.82, 2.24) is 15.0 Å². The lowest BCUT2D eigenvalue weighted by atomic mass is 9.72. The molecular formula is C21H24FN3O3. The van der Waals surface area contributed by atoms with E-state index in [4.69, 9.17) is 9.26 Å². The van der Waals surface area contributed by atoms with Crippen LogP contribution in [0, 0.1) is 17.2 Å². The summed E-state index contributed by atoms with van der Waals surface area (Å²) in [4.78, 5) is 19.5. The number of hydrogen-bond donors (Lipinski definition) is 0. The smallest absolute Gasteiger partial charge is 0.232 e. The lowest BCUT2D eigenvalue weighted by molar-refractivity contribution is -0.137. The van der Waals surface area contributed by atoms with Gasteiger partial charge in [-0.25, -0.2) is 4.39 Å². The monoisotopic (exact) mass is 385 g/mol. The minimum atomic E-state index is -0.297. The highest BCUT2D eigenvalue weighted by Gasteiger charge is 2.52. The van der Waals surface area contributed by atoms with E-state index in [0.29, 0.717) is 31.5 Å². The lowest BCUT2D eigenvalue weighted by Gasteiger charge is -2.36. The van der Waals surface area contributed by atoms with Crippen molar-refractivity contribution in [2.24, 2.45) is 11.3 Å². The van der Waals surface area contributed by atoms with Gasteiger partial charge in [0.2, 0.25) is 17.6 Å². The zero-order chi connectivity index (χ0) is 19.1. The van der Waals surface area contributed by atoms with Crippen molar-refractivity contribution in [3.05, 3.63) is 36.0 Å². The van der Waals surface area contributed by atoms with Crippen molar-refractivity contribution in [2.75, 3.05) is 26.3 Å². The van der Waals surface area contributed by atoms with Crippen LogP contribution >= 0.6 is 0 Å². The Morgan fingerprint density at radius 2 is 1.93 bits per heavy atom. The molecule has 2 aromatic rings. The van der Waals surface area contributed by atoms with Crippen LogP contribution in [-0.4, -0.2) is 47.3 Å². The van der Waals surface area contributed by atoms with E-state index in [-0.39, 0.29) is 29.0 Å². The molecule has 6 nitrogen and oxygen atoms in total. The number of ether oxygens (including phenoxy) is 1. The van der Waals surface area contributed by atoms with Gasteiger partial charge in [-0.05, 0) is 49.9 Å². The van der Waals surface area contributed by atoms with Crippen LogP contribution in [0.2, 0.25) is 0 Å². The number of benzene rings is 1. The summed E-state index contributed by atoms with van der Waals surface area (Å²) in [5, 5.41) is 4.13. The molecule has 1 amide bonds. The quantitative estimate of drug-likeness (QED) is 0.810. The highest BCUT2D eigenvalue weighted by Crippen LogP contribution is 2.50. The van der Waals surface area contributed by atoms with Crippen molar-refractivity contribution in [3.8, 4) is 11.4 Å². The van der Waals surface area contributed by atoms with Crippen LogP contribution in [0.3, 0.4) is 0 Å². The second kappa shape index (κ2) is 6.95. The zero-order valence-corrected chi connectivity index (χ0v) is 15.8. The molecule has 0 N–H and O–H groups in total. The van der Waals surface area contributed by atoms with E-state index in [1.165, 1.54) is 12.1 Å². The standard InChI is InChI=1S/C21H24FN3O3/c22-16-6-4-14(5-7-16)18-23-19(28-24-18)17-12-25(20(26)15-2-1-3-15)13-21(17)8-10-27-11-9-21/h4-7,15,17H,1-3,8-13H2/t17-/m0/s1. The number of hydrogen-bond acceptors (Lipinski definition) is 5. The summed E-state index contributed by atoms with van der Waals surface area (Å²) in [5.74, 6) is 1.22. The molecule has 0 bridgehead atoms. The Kier molecular flexibility index (Phi) is 4.42. The summed E-state index contributed by atoms with van der Waals surface area (Å²) >= 11 is 0.